The van der Waals surface area contributed by atoms with Crippen LogP contribution >= 0.6 is 0 Å². The van der Waals surface area contributed by atoms with Gasteiger partial charge < -0.3 is 20.0 Å². The molecule has 2 amide bonds. The third kappa shape index (κ3) is 5.87. The van der Waals surface area contributed by atoms with E-state index in [2.05, 4.69) is 53.9 Å². The summed E-state index contributed by atoms with van der Waals surface area (Å²) in [7, 11) is 0. The smallest absolute Gasteiger partial charge is 0.317 e. The summed E-state index contributed by atoms with van der Waals surface area (Å²) in [5, 5.41) is 3.17. The van der Waals surface area contributed by atoms with E-state index in [1.807, 2.05) is 17.3 Å². The van der Waals surface area contributed by atoms with Crippen LogP contribution in [0.3, 0.4) is 0 Å². The van der Waals surface area contributed by atoms with Crippen LogP contribution in [0.2, 0.25) is 0 Å². The number of anilines is 1. The minimum absolute atomic E-state index is 0.0754. The molecule has 26 heavy (non-hydrogen) atoms. The molecule has 6 nitrogen and oxygen atoms in total. The molecule has 0 spiro atoms. The Labute approximate surface area is 158 Å². The molecular weight excluding hydrogens is 326 g/mol. The van der Waals surface area contributed by atoms with E-state index in [-0.39, 0.29) is 12.1 Å². The number of piperazine rings is 1. The van der Waals surface area contributed by atoms with Crippen molar-refractivity contribution in [1.29, 1.82) is 0 Å². The quantitative estimate of drug-likeness (QED) is 0.773. The SMILES string of the molecule is CCN(CC)CCCC(C)NC(=O)N1CCN(c2ccncc2C)CC1. The minimum Gasteiger partial charge on any atom is -0.368 e. The van der Waals surface area contributed by atoms with E-state index >= 15 is 0 Å². The monoisotopic (exact) mass is 361 g/mol. The summed E-state index contributed by atoms with van der Waals surface area (Å²) in [4.78, 5) is 23.4. The number of nitrogens with one attached hydrogen (secondary N) is 1. The number of aryl methyl sites for hydroxylation is 1. The summed E-state index contributed by atoms with van der Waals surface area (Å²) in [5.74, 6) is 0. The van der Waals surface area contributed by atoms with Crippen LogP contribution < -0.4 is 10.2 Å². The van der Waals surface area contributed by atoms with Crippen molar-refractivity contribution in [2.24, 2.45) is 0 Å². The standard InChI is InChI=1S/C20H35N5O/c1-5-23(6-2)11-7-8-18(4)22-20(26)25-14-12-24(13-15-25)19-9-10-21-16-17(19)3/h9-10,16,18H,5-8,11-15H2,1-4H3,(H,22,26). The van der Waals surface area contributed by atoms with Gasteiger partial charge in [-0.3, -0.25) is 4.98 Å². The average molecular weight is 362 g/mol. The first-order valence-corrected chi connectivity index (χ1v) is 9.98. The summed E-state index contributed by atoms with van der Waals surface area (Å²) < 4.78 is 0. The van der Waals surface area contributed by atoms with Crippen molar-refractivity contribution in [3.8, 4) is 0 Å². The van der Waals surface area contributed by atoms with Crippen molar-refractivity contribution in [3.05, 3.63) is 24.0 Å². The lowest BCUT2D eigenvalue weighted by atomic mass is 10.1. The highest BCUT2D eigenvalue weighted by molar-refractivity contribution is 5.75. The van der Waals surface area contributed by atoms with Crippen molar-refractivity contribution >= 4 is 11.7 Å². The Morgan fingerprint density at radius 1 is 1.27 bits per heavy atom. The molecule has 2 rings (SSSR count). The van der Waals surface area contributed by atoms with Crippen LogP contribution in [0.1, 0.15) is 39.2 Å². The molecule has 1 saturated heterocycles. The number of hydrogen-bond acceptors (Lipinski definition) is 4. The fraction of sp³-hybridized carbons (Fsp3) is 0.700. The first kappa shape index (κ1) is 20.5. The Balaban J connectivity index is 1.72. The Morgan fingerprint density at radius 3 is 2.58 bits per heavy atom. The molecule has 1 fully saturated rings. The summed E-state index contributed by atoms with van der Waals surface area (Å²) in [6.45, 7) is 15.2. The molecule has 0 aliphatic carbocycles. The van der Waals surface area contributed by atoms with E-state index in [4.69, 9.17) is 0 Å². The maximum Gasteiger partial charge on any atom is 0.317 e. The van der Waals surface area contributed by atoms with Crippen LogP contribution in [-0.4, -0.2) is 72.7 Å². The molecule has 1 aliphatic rings. The van der Waals surface area contributed by atoms with Gasteiger partial charge in [0.1, 0.15) is 0 Å². The topological polar surface area (TPSA) is 51.7 Å². The van der Waals surface area contributed by atoms with Gasteiger partial charge in [-0.2, -0.15) is 0 Å². The van der Waals surface area contributed by atoms with E-state index in [1.54, 1.807) is 0 Å². The third-order valence-electron chi connectivity index (χ3n) is 5.27. The molecule has 2 heterocycles. The van der Waals surface area contributed by atoms with Gasteiger partial charge in [0.25, 0.3) is 0 Å². The molecule has 1 atom stereocenters. The van der Waals surface area contributed by atoms with Gasteiger partial charge in [0, 0.05) is 50.3 Å². The molecular formula is C20H35N5O. The Morgan fingerprint density at radius 2 is 1.96 bits per heavy atom. The molecule has 0 radical (unpaired) electrons. The highest BCUT2D eigenvalue weighted by Crippen LogP contribution is 2.19. The number of hydrogen-bond donors (Lipinski definition) is 1. The predicted octanol–water partition coefficient (Wildman–Crippen LogP) is 2.73. The van der Waals surface area contributed by atoms with Gasteiger partial charge in [0.15, 0.2) is 0 Å². The summed E-state index contributed by atoms with van der Waals surface area (Å²) >= 11 is 0. The predicted molar refractivity (Wildman–Crippen MR) is 108 cm³/mol. The second kappa shape index (κ2) is 10.4. The van der Waals surface area contributed by atoms with E-state index in [0.717, 1.165) is 58.7 Å². The zero-order chi connectivity index (χ0) is 18.9. The van der Waals surface area contributed by atoms with Gasteiger partial charge in [-0.15, -0.1) is 0 Å². The zero-order valence-corrected chi connectivity index (χ0v) is 16.9. The number of nitrogens with zero attached hydrogens (tertiary/aromatic N) is 4. The van der Waals surface area contributed by atoms with Crippen LogP contribution in [-0.2, 0) is 0 Å². The van der Waals surface area contributed by atoms with Crippen molar-refractivity contribution in [1.82, 2.24) is 20.1 Å². The fourth-order valence-corrected chi connectivity index (χ4v) is 3.51. The minimum atomic E-state index is 0.0754. The van der Waals surface area contributed by atoms with E-state index in [9.17, 15) is 4.79 Å². The summed E-state index contributed by atoms with van der Waals surface area (Å²) in [6, 6.07) is 2.35. The molecule has 1 N–H and O–H groups in total. The molecule has 0 bridgehead atoms. The van der Waals surface area contributed by atoms with Crippen LogP contribution in [0.25, 0.3) is 0 Å². The normalized spacial score (nSPS) is 16.0. The van der Waals surface area contributed by atoms with Crippen LogP contribution in [0, 0.1) is 6.92 Å². The molecule has 146 valence electrons. The molecule has 0 saturated carbocycles. The van der Waals surface area contributed by atoms with E-state index < -0.39 is 0 Å². The van der Waals surface area contributed by atoms with Gasteiger partial charge in [0.05, 0.1) is 0 Å². The lowest BCUT2D eigenvalue weighted by Gasteiger charge is -2.37. The number of amides is 2. The van der Waals surface area contributed by atoms with Crippen molar-refractivity contribution in [2.45, 2.75) is 46.6 Å². The zero-order valence-electron chi connectivity index (χ0n) is 16.9. The number of pyridine rings is 1. The maximum atomic E-state index is 12.5. The summed E-state index contributed by atoms with van der Waals surface area (Å²) in [5.41, 5.74) is 2.41. The van der Waals surface area contributed by atoms with Gasteiger partial charge in [0.2, 0.25) is 0 Å². The van der Waals surface area contributed by atoms with Gasteiger partial charge in [-0.1, -0.05) is 13.8 Å². The maximum absolute atomic E-state index is 12.5. The van der Waals surface area contributed by atoms with Gasteiger partial charge in [-0.25, -0.2) is 4.79 Å². The highest BCUT2D eigenvalue weighted by atomic mass is 16.2. The average Bonchev–Trinajstić information content (AvgIpc) is 2.66. The second-order valence-electron chi connectivity index (χ2n) is 7.16. The fourth-order valence-electron chi connectivity index (χ4n) is 3.51. The molecule has 1 unspecified atom stereocenters. The first-order chi connectivity index (χ1) is 12.5. The van der Waals surface area contributed by atoms with Crippen LogP contribution in [0.15, 0.2) is 18.5 Å². The molecule has 1 aromatic rings. The van der Waals surface area contributed by atoms with Crippen LogP contribution in [0.5, 0.6) is 0 Å². The third-order valence-corrected chi connectivity index (χ3v) is 5.27. The lowest BCUT2D eigenvalue weighted by molar-refractivity contribution is 0.189. The Bertz CT molecular complexity index is 553. The van der Waals surface area contributed by atoms with Gasteiger partial charge in [-0.05, 0) is 58.0 Å². The van der Waals surface area contributed by atoms with E-state index in [0.29, 0.717) is 0 Å². The number of carbonyl (C=O) groups is 1. The first-order valence-electron chi connectivity index (χ1n) is 9.98. The summed E-state index contributed by atoms with van der Waals surface area (Å²) in [6.07, 6.45) is 5.88. The van der Waals surface area contributed by atoms with Gasteiger partial charge >= 0.3 is 6.03 Å². The Kier molecular flexibility index (Phi) is 8.16. The van der Waals surface area contributed by atoms with Crippen LogP contribution in [0.4, 0.5) is 10.5 Å². The second-order valence-corrected chi connectivity index (χ2v) is 7.16. The Hall–Kier alpha value is -1.82. The van der Waals surface area contributed by atoms with Crippen molar-refractivity contribution in [3.63, 3.8) is 0 Å². The number of urea groups is 1. The van der Waals surface area contributed by atoms with Crippen molar-refractivity contribution < 1.29 is 4.79 Å². The number of rotatable bonds is 8. The molecule has 1 aromatic heterocycles. The number of aromatic nitrogens is 1. The number of carbonyl (C=O) groups excluding carboxylic acids is 1. The van der Waals surface area contributed by atoms with E-state index in [1.165, 1.54) is 11.3 Å². The lowest BCUT2D eigenvalue weighted by Crippen LogP contribution is -2.53. The molecule has 1 aliphatic heterocycles. The molecule has 0 aromatic carbocycles. The highest BCUT2D eigenvalue weighted by Gasteiger charge is 2.22. The molecule has 6 heteroatoms. The largest absolute Gasteiger partial charge is 0.368 e. The van der Waals surface area contributed by atoms with Crippen molar-refractivity contribution in [2.75, 3.05) is 50.7 Å².